The number of nitrogens with one attached hydrogen (secondary N) is 2. The van der Waals surface area contributed by atoms with Gasteiger partial charge in [-0.3, -0.25) is 19.1 Å². The molecule has 3 aliphatic rings. The van der Waals surface area contributed by atoms with E-state index in [9.17, 15) is 27.2 Å². The predicted molar refractivity (Wildman–Crippen MR) is 169 cm³/mol. The van der Waals surface area contributed by atoms with Crippen molar-refractivity contribution < 1.29 is 31.9 Å². The number of hydrogen-bond acceptors (Lipinski definition) is 8. The van der Waals surface area contributed by atoms with Crippen molar-refractivity contribution in [1.29, 1.82) is 0 Å². The summed E-state index contributed by atoms with van der Waals surface area (Å²) in [7, 11) is -2.04. The Morgan fingerprint density at radius 2 is 1.76 bits per heavy atom. The van der Waals surface area contributed by atoms with E-state index in [1.807, 2.05) is 0 Å². The molecule has 0 radical (unpaired) electrons. The molecular formula is C32H37FN6O6S. The average molecular weight is 653 g/mol. The summed E-state index contributed by atoms with van der Waals surface area (Å²) in [6.07, 6.45) is 3.82. The third-order valence-electron chi connectivity index (χ3n) is 7.99. The molecule has 3 amide bonds. The summed E-state index contributed by atoms with van der Waals surface area (Å²) in [5.74, 6) is -1.06. The minimum absolute atomic E-state index is 0.0898. The average Bonchev–Trinajstić information content (AvgIpc) is 3.48. The first-order chi connectivity index (χ1) is 21.9. The molecule has 2 aromatic carbocycles. The number of aryl methyl sites for hydroxylation is 1. The highest BCUT2D eigenvalue weighted by Gasteiger charge is 2.34. The summed E-state index contributed by atoms with van der Waals surface area (Å²) >= 11 is 0. The van der Waals surface area contributed by atoms with Crippen LogP contribution in [-0.2, 0) is 14.8 Å². The molecule has 0 aliphatic carbocycles. The van der Waals surface area contributed by atoms with Gasteiger partial charge in [0.1, 0.15) is 29.9 Å². The van der Waals surface area contributed by atoms with Gasteiger partial charge in [-0.05, 0) is 87.6 Å². The van der Waals surface area contributed by atoms with Gasteiger partial charge in [0.15, 0.2) is 5.82 Å². The normalized spacial score (nSPS) is 19.5. The highest BCUT2D eigenvalue weighted by Crippen LogP contribution is 2.32. The Hall–Kier alpha value is -4.59. The van der Waals surface area contributed by atoms with E-state index >= 15 is 0 Å². The van der Waals surface area contributed by atoms with Crippen LogP contribution in [0.25, 0.3) is 11.4 Å². The zero-order valence-electron chi connectivity index (χ0n) is 26.0. The van der Waals surface area contributed by atoms with E-state index in [0.717, 1.165) is 12.7 Å². The van der Waals surface area contributed by atoms with Crippen molar-refractivity contribution in [1.82, 2.24) is 25.1 Å². The van der Waals surface area contributed by atoms with Crippen LogP contribution in [0.3, 0.4) is 0 Å². The van der Waals surface area contributed by atoms with Gasteiger partial charge in [0.2, 0.25) is 15.9 Å². The van der Waals surface area contributed by atoms with Crippen molar-refractivity contribution in [2.45, 2.75) is 51.1 Å². The number of benzene rings is 2. The number of sulfonamides is 1. The first-order valence-electron chi connectivity index (χ1n) is 15.1. The number of anilines is 1. The second-order valence-electron chi connectivity index (χ2n) is 11.7. The molecule has 0 unspecified atom stereocenters. The lowest BCUT2D eigenvalue weighted by atomic mass is 10.1. The molecule has 14 heteroatoms. The molecule has 0 spiro atoms. The van der Waals surface area contributed by atoms with Gasteiger partial charge in [0.05, 0.1) is 18.0 Å². The number of carbonyl (C=O) groups is 3. The van der Waals surface area contributed by atoms with Crippen LogP contribution in [0.5, 0.6) is 5.75 Å². The SMILES string of the molecule is Cc1cc2nc(n1)-c1ccc(c(NS(C)(=O)=O)c1)OC[C@@H]1CCCN1C(=O)[C@@H](NC(=O)c1ccc(F)cc1)CCCCN(C)C2=O. The van der Waals surface area contributed by atoms with E-state index in [4.69, 9.17) is 4.74 Å². The van der Waals surface area contributed by atoms with Crippen molar-refractivity contribution in [2.75, 3.05) is 37.7 Å². The number of amides is 3. The van der Waals surface area contributed by atoms with Crippen molar-refractivity contribution in [2.24, 2.45) is 0 Å². The van der Waals surface area contributed by atoms with Crippen LogP contribution < -0.4 is 14.8 Å². The van der Waals surface area contributed by atoms with Gasteiger partial charge in [-0.15, -0.1) is 0 Å². The Kier molecular flexibility index (Phi) is 9.85. The topological polar surface area (TPSA) is 151 Å². The molecule has 1 aromatic heterocycles. The Morgan fingerprint density at radius 1 is 1.00 bits per heavy atom. The largest absolute Gasteiger partial charge is 0.489 e. The molecule has 244 valence electrons. The third-order valence-corrected chi connectivity index (χ3v) is 8.58. The van der Waals surface area contributed by atoms with Crippen molar-refractivity contribution in [3.05, 3.63) is 71.3 Å². The van der Waals surface area contributed by atoms with E-state index in [1.165, 1.54) is 29.2 Å². The summed E-state index contributed by atoms with van der Waals surface area (Å²) in [6, 6.07) is 10.3. The molecule has 4 bridgehead atoms. The number of nitrogens with zero attached hydrogens (tertiary/aromatic N) is 4. The Bertz CT molecular complexity index is 1740. The molecular weight excluding hydrogens is 615 g/mol. The van der Waals surface area contributed by atoms with Gasteiger partial charge in [0.25, 0.3) is 11.8 Å². The van der Waals surface area contributed by atoms with Gasteiger partial charge < -0.3 is 19.9 Å². The zero-order chi connectivity index (χ0) is 33.0. The lowest BCUT2D eigenvalue weighted by Gasteiger charge is -2.30. The molecule has 4 heterocycles. The second kappa shape index (κ2) is 13.8. The van der Waals surface area contributed by atoms with Gasteiger partial charge in [-0.25, -0.2) is 22.8 Å². The monoisotopic (exact) mass is 652 g/mol. The number of ether oxygens (including phenoxy) is 1. The highest BCUT2D eigenvalue weighted by molar-refractivity contribution is 7.92. The molecule has 46 heavy (non-hydrogen) atoms. The smallest absolute Gasteiger partial charge is 0.272 e. The lowest BCUT2D eigenvalue weighted by Crippen LogP contribution is -2.51. The quantitative estimate of drug-likeness (QED) is 0.436. The molecule has 2 N–H and O–H groups in total. The molecule has 0 saturated carbocycles. The maximum absolute atomic E-state index is 13.9. The standard InChI is InChI=1S/C32H37FN6O6S/c1-20-17-27-31(41)38(2)15-5-4-8-25(36-30(40)21-9-12-23(33)13-10-21)32(42)39-16-6-7-24(39)19-45-28-14-11-22(29(34-20)35-27)18-26(28)37-46(3,43)44/h9-14,17-18,24-25,37H,4-8,15-16,19H2,1-3H3,(H,36,40)/t24-,25-/m0/s1. The molecule has 2 atom stereocenters. The first-order valence-corrected chi connectivity index (χ1v) is 17.0. The Morgan fingerprint density at radius 3 is 2.50 bits per heavy atom. The highest BCUT2D eigenvalue weighted by atomic mass is 32.2. The second-order valence-corrected chi connectivity index (χ2v) is 13.4. The molecule has 1 fully saturated rings. The number of rotatable bonds is 4. The van der Waals surface area contributed by atoms with Crippen molar-refractivity contribution >= 4 is 33.4 Å². The Labute approximate surface area is 267 Å². The van der Waals surface area contributed by atoms with Gasteiger partial charge in [-0.2, -0.15) is 0 Å². The number of hydrogen-bond donors (Lipinski definition) is 2. The minimum Gasteiger partial charge on any atom is -0.489 e. The zero-order valence-corrected chi connectivity index (χ0v) is 26.8. The molecule has 12 nitrogen and oxygen atoms in total. The molecule has 3 aromatic rings. The molecule has 3 aliphatic heterocycles. The fraction of sp³-hybridized carbons (Fsp3) is 0.406. The summed E-state index contributed by atoms with van der Waals surface area (Å²) in [5, 5.41) is 2.84. The van der Waals surface area contributed by atoms with E-state index in [2.05, 4.69) is 20.0 Å². The maximum atomic E-state index is 13.9. The number of aromatic nitrogens is 2. The Balaban J connectivity index is 1.49. The van der Waals surface area contributed by atoms with Crippen LogP contribution in [-0.4, -0.2) is 91.0 Å². The van der Waals surface area contributed by atoms with E-state index in [0.29, 0.717) is 50.0 Å². The van der Waals surface area contributed by atoms with Crippen molar-refractivity contribution in [3.8, 4) is 17.1 Å². The van der Waals surface area contributed by atoms with Gasteiger partial charge >= 0.3 is 0 Å². The van der Waals surface area contributed by atoms with Crippen LogP contribution in [0.1, 0.15) is 58.6 Å². The molecule has 1 saturated heterocycles. The maximum Gasteiger partial charge on any atom is 0.272 e. The van der Waals surface area contributed by atoms with Gasteiger partial charge in [0, 0.05) is 37.0 Å². The van der Waals surface area contributed by atoms with Crippen LogP contribution >= 0.6 is 0 Å². The fourth-order valence-corrected chi connectivity index (χ4v) is 6.22. The van der Waals surface area contributed by atoms with Gasteiger partial charge in [-0.1, -0.05) is 0 Å². The van der Waals surface area contributed by atoms with E-state index in [1.54, 1.807) is 43.1 Å². The van der Waals surface area contributed by atoms with E-state index < -0.39 is 27.8 Å². The summed E-state index contributed by atoms with van der Waals surface area (Å²) in [5.41, 5.74) is 1.61. The molecule has 6 rings (SSSR count). The fourth-order valence-electron chi connectivity index (χ4n) is 5.66. The summed E-state index contributed by atoms with van der Waals surface area (Å²) < 4.78 is 46.6. The van der Waals surface area contributed by atoms with Crippen LogP contribution in [0.4, 0.5) is 10.1 Å². The summed E-state index contributed by atoms with van der Waals surface area (Å²) in [6.45, 7) is 2.68. The van der Waals surface area contributed by atoms with Crippen LogP contribution in [0, 0.1) is 12.7 Å². The van der Waals surface area contributed by atoms with Crippen LogP contribution in [0.15, 0.2) is 48.5 Å². The van der Waals surface area contributed by atoms with Crippen LogP contribution in [0.2, 0.25) is 0 Å². The third kappa shape index (κ3) is 7.97. The number of halogens is 1. The number of fused-ring (bicyclic) bond motifs is 10. The lowest BCUT2D eigenvalue weighted by molar-refractivity contribution is -0.134. The first kappa shape index (κ1) is 32.8. The minimum atomic E-state index is -3.71. The van der Waals surface area contributed by atoms with Crippen molar-refractivity contribution in [3.63, 3.8) is 0 Å². The summed E-state index contributed by atoms with van der Waals surface area (Å²) in [4.78, 5) is 52.6. The van der Waals surface area contributed by atoms with E-state index in [-0.39, 0.29) is 53.0 Å². The number of carbonyl (C=O) groups excluding carboxylic acids is 3. The predicted octanol–water partition coefficient (Wildman–Crippen LogP) is 3.39.